The normalized spacial score (nSPS) is 10.4. The molecule has 1 aromatic heterocycles. The van der Waals surface area contributed by atoms with Crippen molar-refractivity contribution in [2.24, 2.45) is 5.92 Å². The summed E-state index contributed by atoms with van der Waals surface area (Å²) in [5, 5.41) is 19.2. The zero-order valence-electron chi connectivity index (χ0n) is 9.06. The SMILES string of the molecule is CC(C)CC(=O)Nc1nnc(CC(=O)O)s1. The molecule has 0 unspecified atom stereocenters. The van der Waals surface area contributed by atoms with Gasteiger partial charge in [0.05, 0.1) is 6.42 Å². The zero-order valence-corrected chi connectivity index (χ0v) is 9.87. The number of amides is 1. The predicted octanol–water partition coefficient (Wildman–Crippen LogP) is 1.15. The summed E-state index contributed by atoms with van der Waals surface area (Å²) < 4.78 is 0. The number of nitrogens with one attached hydrogen (secondary N) is 1. The molecule has 0 saturated carbocycles. The molecule has 0 aliphatic rings. The molecule has 0 aromatic carbocycles. The van der Waals surface area contributed by atoms with Crippen LogP contribution in [0, 0.1) is 5.92 Å². The van der Waals surface area contributed by atoms with Crippen molar-refractivity contribution in [3.8, 4) is 0 Å². The zero-order chi connectivity index (χ0) is 12.1. The predicted molar refractivity (Wildman–Crippen MR) is 59.3 cm³/mol. The minimum Gasteiger partial charge on any atom is -0.481 e. The Labute approximate surface area is 96.7 Å². The first kappa shape index (κ1) is 12.6. The van der Waals surface area contributed by atoms with Crippen molar-refractivity contribution in [2.45, 2.75) is 26.7 Å². The minimum absolute atomic E-state index is 0.131. The van der Waals surface area contributed by atoms with Gasteiger partial charge in [0.15, 0.2) is 0 Å². The van der Waals surface area contributed by atoms with Crippen LogP contribution in [-0.4, -0.2) is 27.2 Å². The molecule has 6 nitrogen and oxygen atoms in total. The maximum absolute atomic E-state index is 11.4. The van der Waals surface area contributed by atoms with Crippen molar-refractivity contribution in [2.75, 3.05) is 5.32 Å². The maximum atomic E-state index is 11.4. The van der Waals surface area contributed by atoms with Gasteiger partial charge in [0.1, 0.15) is 5.01 Å². The molecule has 1 rings (SSSR count). The summed E-state index contributed by atoms with van der Waals surface area (Å²) in [7, 11) is 0. The third-order valence-electron chi connectivity index (χ3n) is 1.61. The van der Waals surface area contributed by atoms with Gasteiger partial charge >= 0.3 is 5.97 Å². The van der Waals surface area contributed by atoms with E-state index in [0.29, 0.717) is 16.6 Å². The van der Waals surface area contributed by atoms with E-state index in [-0.39, 0.29) is 18.2 Å². The van der Waals surface area contributed by atoms with Gasteiger partial charge in [-0.15, -0.1) is 10.2 Å². The van der Waals surface area contributed by atoms with E-state index in [9.17, 15) is 9.59 Å². The summed E-state index contributed by atoms with van der Waals surface area (Å²) in [5.74, 6) is -0.823. The lowest BCUT2D eigenvalue weighted by Gasteiger charge is -2.02. The Hall–Kier alpha value is -1.50. The molecule has 0 bridgehead atoms. The Kier molecular flexibility index (Phi) is 4.36. The standard InChI is InChI=1S/C9H13N3O3S/c1-5(2)3-6(13)10-9-12-11-7(16-9)4-8(14)15/h5H,3-4H2,1-2H3,(H,14,15)(H,10,12,13). The van der Waals surface area contributed by atoms with E-state index in [2.05, 4.69) is 15.5 Å². The highest BCUT2D eigenvalue weighted by Gasteiger charge is 2.11. The van der Waals surface area contributed by atoms with E-state index in [1.165, 1.54) is 0 Å². The molecule has 0 aliphatic carbocycles. The van der Waals surface area contributed by atoms with E-state index in [1.54, 1.807) is 0 Å². The van der Waals surface area contributed by atoms with Crippen molar-refractivity contribution < 1.29 is 14.7 Å². The average molecular weight is 243 g/mol. The van der Waals surface area contributed by atoms with E-state index >= 15 is 0 Å². The van der Waals surface area contributed by atoms with Crippen molar-refractivity contribution in [1.29, 1.82) is 0 Å². The van der Waals surface area contributed by atoms with E-state index in [0.717, 1.165) is 11.3 Å². The second-order valence-corrected chi connectivity index (χ2v) is 4.78. The molecule has 88 valence electrons. The lowest BCUT2D eigenvalue weighted by Crippen LogP contribution is -2.13. The number of rotatable bonds is 5. The van der Waals surface area contributed by atoms with E-state index < -0.39 is 5.97 Å². The fourth-order valence-corrected chi connectivity index (χ4v) is 1.79. The van der Waals surface area contributed by atoms with Gasteiger partial charge in [-0.25, -0.2) is 0 Å². The van der Waals surface area contributed by atoms with Gasteiger partial charge in [-0.3, -0.25) is 9.59 Å². The highest BCUT2D eigenvalue weighted by Crippen LogP contribution is 2.16. The molecule has 2 N–H and O–H groups in total. The first-order valence-corrected chi connectivity index (χ1v) is 5.63. The first-order chi connectivity index (χ1) is 7.47. The Morgan fingerprint density at radius 3 is 2.69 bits per heavy atom. The van der Waals surface area contributed by atoms with Gasteiger partial charge in [-0.05, 0) is 5.92 Å². The molecule has 16 heavy (non-hydrogen) atoms. The number of carbonyl (C=O) groups excluding carboxylic acids is 1. The lowest BCUT2D eigenvalue weighted by molar-refractivity contribution is -0.136. The third kappa shape index (κ3) is 4.35. The van der Waals surface area contributed by atoms with Crippen LogP contribution in [-0.2, 0) is 16.0 Å². The summed E-state index contributed by atoms with van der Waals surface area (Å²) in [6.07, 6.45) is 0.242. The molecule has 0 aliphatic heterocycles. The fraction of sp³-hybridized carbons (Fsp3) is 0.556. The Morgan fingerprint density at radius 1 is 1.44 bits per heavy atom. The molecule has 0 fully saturated rings. The van der Waals surface area contributed by atoms with Crippen molar-refractivity contribution >= 4 is 28.3 Å². The van der Waals surface area contributed by atoms with Crippen molar-refractivity contribution in [3.05, 3.63) is 5.01 Å². The summed E-state index contributed by atoms with van der Waals surface area (Å²) in [5.41, 5.74) is 0. The number of nitrogens with zero attached hydrogens (tertiary/aromatic N) is 2. The molecule has 0 atom stereocenters. The summed E-state index contributed by atoms with van der Waals surface area (Å²) >= 11 is 1.08. The van der Waals surface area contributed by atoms with Gasteiger partial charge in [0.2, 0.25) is 11.0 Å². The van der Waals surface area contributed by atoms with Gasteiger partial charge < -0.3 is 10.4 Å². The molecule has 1 heterocycles. The molecular weight excluding hydrogens is 230 g/mol. The number of hydrogen-bond donors (Lipinski definition) is 2. The maximum Gasteiger partial charge on any atom is 0.310 e. The molecule has 0 radical (unpaired) electrons. The van der Waals surface area contributed by atoms with Crippen LogP contribution >= 0.6 is 11.3 Å². The van der Waals surface area contributed by atoms with Crippen molar-refractivity contribution in [3.63, 3.8) is 0 Å². The Bertz CT molecular complexity index is 389. The topological polar surface area (TPSA) is 92.2 Å². The lowest BCUT2D eigenvalue weighted by atomic mass is 10.1. The number of aliphatic carboxylic acids is 1. The van der Waals surface area contributed by atoms with Crippen LogP contribution in [0.5, 0.6) is 0 Å². The smallest absolute Gasteiger partial charge is 0.310 e. The van der Waals surface area contributed by atoms with Gasteiger partial charge in [-0.2, -0.15) is 0 Å². The number of carboxylic acid groups (broad SMARTS) is 1. The van der Waals surface area contributed by atoms with Crippen LogP contribution in [0.4, 0.5) is 5.13 Å². The molecule has 1 aromatic rings. The van der Waals surface area contributed by atoms with Gasteiger partial charge in [-0.1, -0.05) is 25.2 Å². The Balaban J connectivity index is 2.51. The van der Waals surface area contributed by atoms with Crippen LogP contribution in [0.2, 0.25) is 0 Å². The van der Waals surface area contributed by atoms with Crippen LogP contribution in [0.15, 0.2) is 0 Å². The fourth-order valence-electron chi connectivity index (χ4n) is 1.05. The Morgan fingerprint density at radius 2 is 2.12 bits per heavy atom. The molecule has 0 spiro atoms. The monoisotopic (exact) mass is 243 g/mol. The molecule has 7 heteroatoms. The second-order valence-electron chi connectivity index (χ2n) is 3.72. The first-order valence-electron chi connectivity index (χ1n) is 4.81. The number of hydrogen-bond acceptors (Lipinski definition) is 5. The number of carbonyl (C=O) groups is 2. The van der Waals surface area contributed by atoms with Crippen LogP contribution < -0.4 is 5.32 Å². The minimum atomic E-state index is -0.962. The van der Waals surface area contributed by atoms with Gasteiger partial charge in [0, 0.05) is 6.42 Å². The van der Waals surface area contributed by atoms with Crippen LogP contribution in [0.1, 0.15) is 25.3 Å². The van der Waals surface area contributed by atoms with Crippen LogP contribution in [0.25, 0.3) is 0 Å². The van der Waals surface area contributed by atoms with E-state index in [4.69, 9.17) is 5.11 Å². The highest BCUT2D eigenvalue weighted by molar-refractivity contribution is 7.15. The van der Waals surface area contributed by atoms with Crippen LogP contribution in [0.3, 0.4) is 0 Å². The summed E-state index contributed by atoms with van der Waals surface area (Å²) in [6.45, 7) is 3.88. The average Bonchev–Trinajstić information content (AvgIpc) is 2.49. The third-order valence-corrected chi connectivity index (χ3v) is 2.45. The molecule has 0 saturated heterocycles. The highest BCUT2D eigenvalue weighted by atomic mass is 32.1. The molecule has 1 amide bonds. The largest absolute Gasteiger partial charge is 0.481 e. The summed E-state index contributed by atoms with van der Waals surface area (Å²) in [4.78, 5) is 21.8. The number of anilines is 1. The number of aromatic nitrogens is 2. The summed E-state index contributed by atoms with van der Waals surface area (Å²) in [6, 6.07) is 0. The van der Waals surface area contributed by atoms with E-state index in [1.807, 2.05) is 13.8 Å². The van der Waals surface area contributed by atoms with Crippen molar-refractivity contribution in [1.82, 2.24) is 10.2 Å². The number of carboxylic acids is 1. The molecular formula is C9H13N3O3S. The quantitative estimate of drug-likeness (QED) is 0.809. The second kappa shape index (κ2) is 5.55. The van der Waals surface area contributed by atoms with Gasteiger partial charge in [0.25, 0.3) is 0 Å².